The predicted molar refractivity (Wildman–Crippen MR) is 74.1 cm³/mol. The molecule has 1 amide bonds. The highest BCUT2D eigenvalue weighted by Crippen LogP contribution is 2.13. The van der Waals surface area contributed by atoms with Crippen LogP contribution in [-0.4, -0.2) is 17.9 Å². The zero-order valence-electron chi connectivity index (χ0n) is 11.5. The monoisotopic (exact) mass is 269 g/mol. The largest absolute Gasteiger partial charge is 0.466 e. The lowest BCUT2D eigenvalue weighted by Crippen LogP contribution is -2.27. The number of carbonyl (C=O) groups excluding carboxylic acids is 1. The third-order valence-electron chi connectivity index (χ3n) is 2.98. The molecule has 2 aromatic rings. The van der Waals surface area contributed by atoms with Crippen molar-refractivity contribution >= 4 is 11.7 Å². The van der Waals surface area contributed by atoms with Crippen LogP contribution in [0.4, 0.5) is 5.82 Å². The summed E-state index contributed by atoms with van der Waals surface area (Å²) in [6, 6.07) is 9.05. The molecule has 0 aliphatic carbocycles. The number of hydrogen-bond donors (Lipinski definition) is 0. The second-order valence-electron chi connectivity index (χ2n) is 4.48. The van der Waals surface area contributed by atoms with E-state index in [1.165, 1.54) is 11.1 Å². The Morgan fingerprint density at radius 3 is 2.75 bits per heavy atom. The van der Waals surface area contributed by atoms with Crippen LogP contribution < -0.4 is 4.90 Å². The summed E-state index contributed by atoms with van der Waals surface area (Å²) in [5, 5.41) is 8.71. The SMILES string of the molecule is Cc1ccc(CCC(=O)N(C)c2ccc(C#N)cn2)o1. The number of nitrogens with zero attached hydrogens (tertiary/aromatic N) is 3. The zero-order chi connectivity index (χ0) is 14.5. The van der Waals surface area contributed by atoms with E-state index in [0.29, 0.717) is 24.2 Å². The van der Waals surface area contributed by atoms with Crippen LogP contribution in [0.3, 0.4) is 0 Å². The molecule has 0 N–H and O–H groups in total. The molecule has 0 bridgehead atoms. The van der Waals surface area contributed by atoms with Crippen molar-refractivity contribution in [2.75, 3.05) is 11.9 Å². The smallest absolute Gasteiger partial charge is 0.228 e. The fraction of sp³-hybridized carbons (Fsp3) is 0.267. The standard InChI is InChI=1S/C15H15N3O2/c1-11-3-5-13(20-11)6-8-15(19)18(2)14-7-4-12(9-16)10-17-14/h3-5,7,10H,6,8H2,1-2H3. The Morgan fingerprint density at radius 2 is 2.20 bits per heavy atom. The highest BCUT2D eigenvalue weighted by Gasteiger charge is 2.13. The van der Waals surface area contributed by atoms with Gasteiger partial charge in [-0.2, -0.15) is 5.26 Å². The van der Waals surface area contributed by atoms with Gasteiger partial charge in [0.15, 0.2) is 0 Å². The molecule has 0 unspecified atom stereocenters. The summed E-state index contributed by atoms with van der Waals surface area (Å²) in [6.45, 7) is 1.87. The lowest BCUT2D eigenvalue weighted by Gasteiger charge is -2.15. The van der Waals surface area contributed by atoms with Gasteiger partial charge in [0.1, 0.15) is 23.4 Å². The van der Waals surface area contributed by atoms with Gasteiger partial charge in [0.05, 0.1) is 5.56 Å². The predicted octanol–water partition coefficient (Wildman–Crippen LogP) is 2.45. The van der Waals surface area contributed by atoms with Crippen molar-refractivity contribution in [1.29, 1.82) is 5.26 Å². The number of anilines is 1. The van der Waals surface area contributed by atoms with Crippen molar-refractivity contribution < 1.29 is 9.21 Å². The van der Waals surface area contributed by atoms with Gasteiger partial charge in [-0.3, -0.25) is 9.69 Å². The maximum absolute atomic E-state index is 12.1. The van der Waals surface area contributed by atoms with Gasteiger partial charge in [0.25, 0.3) is 0 Å². The lowest BCUT2D eigenvalue weighted by atomic mass is 10.2. The quantitative estimate of drug-likeness (QED) is 0.854. The molecule has 0 aliphatic heterocycles. The van der Waals surface area contributed by atoms with E-state index in [0.717, 1.165) is 11.5 Å². The number of aromatic nitrogens is 1. The minimum atomic E-state index is -0.0451. The van der Waals surface area contributed by atoms with E-state index in [-0.39, 0.29) is 5.91 Å². The average molecular weight is 269 g/mol. The van der Waals surface area contributed by atoms with E-state index in [4.69, 9.17) is 9.68 Å². The molecule has 20 heavy (non-hydrogen) atoms. The molecule has 0 spiro atoms. The number of furan rings is 1. The molecule has 0 radical (unpaired) electrons. The van der Waals surface area contributed by atoms with Crippen LogP contribution >= 0.6 is 0 Å². The van der Waals surface area contributed by atoms with Crippen molar-refractivity contribution in [2.24, 2.45) is 0 Å². The summed E-state index contributed by atoms with van der Waals surface area (Å²) in [5.41, 5.74) is 0.473. The Bertz CT molecular complexity index is 638. The van der Waals surface area contributed by atoms with Gasteiger partial charge < -0.3 is 4.42 Å². The molecule has 0 saturated carbocycles. The van der Waals surface area contributed by atoms with Gasteiger partial charge in [-0.15, -0.1) is 0 Å². The van der Waals surface area contributed by atoms with Gasteiger partial charge in [-0.25, -0.2) is 4.98 Å². The first-order valence-electron chi connectivity index (χ1n) is 6.28. The Hall–Kier alpha value is -2.61. The summed E-state index contributed by atoms with van der Waals surface area (Å²) in [7, 11) is 1.67. The van der Waals surface area contributed by atoms with E-state index in [2.05, 4.69) is 4.98 Å². The Balaban J connectivity index is 1.95. The van der Waals surface area contributed by atoms with Crippen molar-refractivity contribution in [3.63, 3.8) is 0 Å². The molecule has 102 valence electrons. The van der Waals surface area contributed by atoms with Crippen LogP contribution in [0.25, 0.3) is 0 Å². The molecule has 0 atom stereocenters. The molecule has 2 rings (SSSR count). The number of amides is 1. The number of aryl methyl sites for hydroxylation is 2. The highest BCUT2D eigenvalue weighted by molar-refractivity contribution is 5.91. The summed E-state index contributed by atoms with van der Waals surface area (Å²) >= 11 is 0. The van der Waals surface area contributed by atoms with Gasteiger partial charge in [0, 0.05) is 26.1 Å². The van der Waals surface area contributed by atoms with Crippen molar-refractivity contribution in [1.82, 2.24) is 4.98 Å². The highest BCUT2D eigenvalue weighted by atomic mass is 16.3. The Morgan fingerprint density at radius 1 is 1.40 bits per heavy atom. The van der Waals surface area contributed by atoms with E-state index >= 15 is 0 Å². The fourth-order valence-corrected chi connectivity index (χ4v) is 1.80. The van der Waals surface area contributed by atoms with Gasteiger partial charge >= 0.3 is 0 Å². The molecule has 0 saturated heterocycles. The maximum Gasteiger partial charge on any atom is 0.228 e. The number of hydrogen-bond acceptors (Lipinski definition) is 4. The third kappa shape index (κ3) is 3.23. The van der Waals surface area contributed by atoms with Crippen molar-refractivity contribution in [3.05, 3.63) is 47.5 Å². The maximum atomic E-state index is 12.1. The number of nitriles is 1. The summed E-state index contributed by atoms with van der Waals surface area (Å²) < 4.78 is 5.43. The second kappa shape index (κ2) is 6.02. The van der Waals surface area contributed by atoms with Gasteiger partial charge in [-0.1, -0.05) is 0 Å². The summed E-state index contributed by atoms with van der Waals surface area (Å²) in [4.78, 5) is 17.6. The number of rotatable bonds is 4. The van der Waals surface area contributed by atoms with E-state index in [9.17, 15) is 4.79 Å². The zero-order valence-corrected chi connectivity index (χ0v) is 11.5. The minimum Gasteiger partial charge on any atom is -0.466 e. The molecule has 0 fully saturated rings. The van der Waals surface area contributed by atoms with E-state index < -0.39 is 0 Å². The van der Waals surface area contributed by atoms with Crippen LogP contribution in [0.1, 0.15) is 23.5 Å². The molecule has 5 nitrogen and oxygen atoms in total. The van der Waals surface area contributed by atoms with Crippen LogP contribution in [0.15, 0.2) is 34.9 Å². The summed E-state index contributed by atoms with van der Waals surface area (Å²) in [5.74, 6) is 2.13. The first-order valence-corrected chi connectivity index (χ1v) is 6.28. The normalized spacial score (nSPS) is 10.1. The van der Waals surface area contributed by atoms with Crippen LogP contribution in [0.5, 0.6) is 0 Å². The van der Waals surface area contributed by atoms with Crippen molar-refractivity contribution in [3.8, 4) is 6.07 Å². The summed E-state index contributed by atoms with van der Waals surface area (Å²) in [6.07, 6.45) is 2.37. The number of pyridine rings is 1. The van der Waals surface area contributed by atoms with Crippen LogP contribution in [-0.2, 0) is 11.2 Å². The molecular weight excluding hydrogens is 254 g/mol. The van der Waals surface area contributed by atoms with E-state index in [1.807, 2.05) is 25.1 Å². The first-order chi connectivity index (χ1) is 9.60. The Kier molecular flexibility index (Phi) is 4.16. The topological polar surface area (TPSA) is 70.1 Å². The van der Waals surface area contributed by atoms with Gasteiger partial charge in [-0.05, 0) is 31.2 Å². The minimum absolute atomic E-state index is 0.0451. The molecular formula is C15H15N3O2. The second-order valence-corrected chi connectivity index (χ2v) is 4.48. The molecule has 0 aromatic carbocycles. The molecule has 2 aromatic heterocycles. The average Bonchev–Trinajstić information content (AvgIpc) is 2.89. The van der Waals surface area contributed by atoms with Crippen LogP contribution in [0.2, 0.25) is 0 Å². The first kappa shape index (κ1) is 13.8. The third-order valence-corrected chi connectivity index (χ3v) is 2.98. The van der Waals surface area contributed by atoms with Crippen molar-refractivity contribution in [2.45, 2.75) is 19.8 Å². The Labute approximate surface area is 117 Å². The van der Waals surface area contributed by atoms with Crippen LogP contribution in [0, 0.1) is 18.3 Å². The lowest BCUT2D eigenvalue weighted by molar-refractivity contribution is -0.118. The molecule has 5 heteroatoms. The molecule has 2 heterocycles. The van der Waals surface area contributed by atoms with Gasteiger partial charge in [0.2, 0.25) is 5.91 Å². The van der Waals surface area contributed by atoms with E-state index in [1.54, 1.807) is 19.2 Å². The number of carbonyl (C=O) groups is 1. The molecule has 0 aliphatic rings. The fourth-order valence-electron chi connectivity index (χ4n) is 1.80.